The van der Waals surface area contributed by atoms with Crippen LogP contribution >= 0.6 is 11.8 Å². The number of benzene rings is 1. The lowest BCUT2D eigenvalue weighted by atomic mass is 10.1. The molecule has 0 bridgehead atoms. The molecule has 0 saturated carbocycles. The molecule has 2 rings (SSSR count). The largest absolute Gasteiger partial charge is 0.484 e. The highest BCUT2D eigenvalue weighted by Crippen LogP contribution is 2.36. The van der Waals surface area contributed by atoms with E-state index in [4.69, 9.17) is 10.5 Å². The van der Waals surface area contributed by atoms with E-state index in [1.165, 1.54) is 12.2 Å². The third-order valence-electron chi connectivity index (χ3n) is 3.21. The van der Waals surface area contributed by atoms with Gasteiger partial charge >= 0.3 is 0 Å². The molecule has 3 N–H and O–H groups in total. The van der Waals surface area contributed by atoms with Crippen LogP contribution in [0.2, 0.25) is 0 Å². The summed E-state index contributed by atoms with van der Waals surface area (Å²) >= 11 is 1.93. The Labute approximate surface area is 118 Å². The standard InChI is InChI=1S/C14H20N2O2S/c1-14(7-2-8-19-14)10-16-13(17)9-18-12-5-3-11(15)4-6-12/h3-6H,2,7-10,15H2,1H3,(H,16,17). The minimum Gasteiger partial charge on any atom is -0.484 e. The SMILES string of the molecule is CC1(CNC(=O)COc2ccc(N)cc2)CCCS1. The third kappa shape index (κ3) is 4.35. The normalized spacial score (nSPS) is 22.2. The van der Waals surface area contributed by atoms with E-state index in [-0.39, 0.29) is 17.3 Å². The van der Waals surface area contributed by atoms with E-state index < -0.39 is 0 Å². The molecule has 1 amide bonds. The number of nitrogen functional groups attached to an aromatic ring is 1. The average Bonchev–Trinajstić information content (AvgIpc) is 2.83. The van der Waals surface area contributed by atoms with Crippen molar-refractivity contribution in [1.82, 2.24) is 5.32 Å². The van der Waals surface area contributed by atoms with E-state index in [9.17, 15) is 4.79 Å². The van der Waals surface area contributed by atoms with Crippen molar-refractivity contribution in [3.05, 3.63) is 24.3 Å². The molecule has 104 valence electrons. The summed E-state index contributed by atoms with van der Waals surface area (Å²) in [5.74, 6) is 1.77. The Morgan fingerprint density at radius 3 is 2.84 bits per heavy atom. The van der Waals surface area contributed by atoms with Crippen molar-refractivity contribution in [3.8, 4) is 5.75 Å². The molecule has 4 nitrogen and oxygen atoms in total. The van der Waals surface area contributed by atoms with Gasteiger partial charge in [0.05, 0.1) is 0 Å². The molecule has 5 heteroatoms. The summed E-state index contributed by atoms with van der Waals surface area (Å²) < 4.78 is 5.59. The zero-order chi connectivity index (χ0) is 13.7. The van der Waals surface area contributed by atoms with Crippen LogP contribution in [0.5, 0.6) is 5.75 Å². The molecule has 1 atom stereocenters. The Morgan fingerprint density at radius 1 is 1.47 bits per heavy atom. The molecular weight excluding hydrogens is 260 g/mol. The Balaban J connectivity index is 1.71. The number of thioether (sulfide) groups is 1. The van der Waals surface area contributed by atoms with Gasteiger partial charge in [0, 0.05) is 17.0 Å². The minimum absolute atomic E-state index is 0.0463. The van der Waals surface area contributed by atoms with Gasteiger partial charge in [0.2, 0.25) is 0 Å². The lowest BCUT2D eigenvalue weighted by molar-refractivity contribution is -0.123. The zero-order valence-corrected chi connectivity index (χ0v) is 12.0. The first kappa shape index (κ1) is 14.1. The van der Waals surface area contributed by atoms with Crippen molar-refractivity contribution in [1.29, 1.82) is 0 Å². The number of hydrogen-bond donors (Lipinski definition) is 2. The molecule has 19 heavy (non-hydrogen) atoms. The smallest absolute Gasteiger partial charge is 0.257 e. The monoisotopic (exact) mass is 280 g/mol. The fraction of sp³-hybridized carbons (Fsp3) is 0.500. The molecule has 1 aromatic carbocycles. The third-order valence-corrected chi connectivity index (χ3v) is 4.75. The van der Waals surface area contributed by atoms with Gasteiger partial charge in [-0.05, 0) is 49.8 Å². The predicted molar refractivity (Wildman–Crippen MR) is 79.5 cm³/mol. The molecule has 1 unspecified atom stereocenters. The van der Waals surface area contributed by atoms with Gasteiger partial charge < -0.3 is 15.8 Å². The van der Waals surface area contributed by atoms with Gasteiger partial charge in [-0.3, -0.25) is 4.79 Å². The molecule has 0 spiro atoms. The van der Waals surface area contributed by atoms with Crippen molar-refractivity contribution in [2.75, 3.05) is 24.6 Å². The number of hydrogen-bond acceptors (Lipinski definition) is 4. The molecule has 0 aromatic heterocycles. The van der Waals surface area contributed by atoms with Crippen molar-refractivity contribution in [2.24, 2.45) is 0 Å². The summed E-state index contributed by atoms with van der Waals surface area (Å²) in [6.45, 7) is 2.96. The van der Waals surface area contributed by atoms with Crippen LogP contribution < -0.4 is 15.8 Å². The molecule has 1 heterocycles. The minimum atomic E-state index is -0.0782. The maximum Gasteiger partial charge on any atom is 0.257 e. The van der Waals surface area contributed by atoms with Crippen molar-refractivity contribution >= 4 is 23.4 Å². The summed E-state index contributed by atoms with van der Waals surface area (Å²) in [7, 11) is 0. The first-order valence-electron chi connectivity index (χ1n) is 6.46. The van der Waals surface area contributed by atoms with Gasteiger partial charge in [0.25, 0.3) is 5.91 Å². The Morgan fingerprint density at radius 2 is 2.21 bits per heavy atom. The Kier molecular flexibility index (Phi) is 4.58. The summed E-state index contributed by atoms with van der Waals surface area (Å²) in [4.78, 5) is 11.7. The van der Waals surface area contributed by atoms with Gasteiger partial charge in [-0.2, -0.15) is 11.8 Å². The molecule has 1 aliphatic heterocycles. The maximum absolute atomic E-state index is 11.7. The molecule has 1 aromatic rings. The summed E-state index contributed by atoms with van der Waals surface area (Å²) in [5, 5.41) is 2.94. The molecule has 0 radical (unpaired) electrons. The van der Waals surface area contributed by atoms with Crippen LogP contribution in [0.25, 0.3) is 0 Å². The molecule has 1 aliphatic rings. The Hall–Kier alpha value is -1.36. The van der Waals surface area contributed by atoms with Gasteiger partial charge in [-0.25, -0.2) is 0 Å². The number of carbonyl (C=O) groups excluding carboxylic acids is 1. The van der Waals surface area contributed by atoms with Gasteiger partial charge in [0.15, 0.2) is 6.61 Å². The zero-order valence-electron chi connectivity index (χ0n) is 11.1. The van der Waals surface area contributed by atoms with Crippen LogP contribution in [0.1, 0.15) is 19.8 Å². The fourth-order valence-corrected chi connectivity index (χ4v) is 3.27. The van der Waals surface area contributed by atoms with E-state index in [1.807, 2.05) is 11.8 Å². The van der Waals surface area contributed by atoms with E-state index in [2.05, 4.69) is 12.2 Å². The number of anilines is 1. The highest BCUT2D eigenvalue weighted by molar-refractivity contribution is 8.00. The average molecular weight is 280 g/mol. The van der Waals surface area contributed by atoms with E-state index in [1.54, 1.807) is 24.3 Å². The quantitative estimate of drug-likeness (QED) is 0.810. The van der Waals surface area contributed by atoms with E-state index in [0.29, 0.717) is 18.0 Å². The number of amides is 1. The number of carbonyl (C=O) groups is 1. The number of nitrogens with two attached hydrogens (primary N) is 1. The number of rotatable bonds is 5. The van der Waals surface area contributed by atoms with Crippen LogP contribution in [0.15, 0.2) is 24.3 Å². The second-order valence-corrected chi connectivity index (χ2v) is 6.72. The summed E-state index contributed by atoms with van der Waals surface area (Å²) in [5.41, 5.74) is 6.26. The van der Waals surface area contributed by atoms with Crippen LogP contribution in [0.3, 0.4) is 0 Å². The van der Waals surface area contributed by atoms with E-state index >= 15 is 0 Å². The van der Waals surface area contributed by atoms with Crippen molar-refractivity contribution < 1.29 is 9.53 Å². The second kappa shape index (κ2) is 6.19. The molecule has 0 aliphatic carbocycles. The van der Waals surface area contributed by atoms with Gasteiger partial charge in [-0.15, -0.1) is 0 Å². The highest BCUT2D eigenvalue weighted by Gasteiger charge is 2.29. The first-order valence-corrected chi connectivity index (χ1v) is 7.45. The van der Waals surface area contributed by atoms with Crippen LogP contribution in [-0.4, -0.2) is 29.6 Å². The van der Waals surface area contributed by atoms with Gasteiger partial charge in [-0.1, -0.05) is 0 Å². The summed E-state index contributed by atoms with van der Waals surface area (Å²) in [6, 6.07) is 7.03. The van der Waals surface area contributed by atoms with Crippen LogP contribution in [0.4, 0.5) is 5.69 Å². The first-order chi connectivity index (χ1) is 9.07. The Bertz CT molecular complexity index is 428. The molecule has 1 fully saturated rings. The fourth-order valence-electron chi connectivity index (χ4n) is 2.03. The van der Waals surface area contributed by atoms with Crippen molar-refractivity contribution in [2.45, 2.75) is 24.5 Å². The number of ether oxygens (including phenoxy) is 1. The topological polar surface area (TPSA) is 64.3 Å². The molecular formula is C14H20N2O2S. The predicted octanol–water partition coefficient (Wildman–Crippen LogP) is 2.05. The van der Waals surface area contributed by atoms with E-state index in [0.717, 1.165) is 6.42 Å². The lowest BCUT2D eigenvalue weighted by Crippen LogP contribution is -2.39. The van der Waals surface area contributed by atoms with Crippen LogP contribution in [-0.2, 0) is 4.79 Å². The van der Waals surface area contributed by atoms with Crippen LogP contribution in [0, 0.1) is 0 Å². The number of nitrogens with one attached hydrogen (secondary N) is 1. The van der Waals surface area contributed by atoms with Gasteiger partial charge in [0.1, 0.15) is 5.75 Å². The lowest BCUT2D eigenvalue weighted by Gasteiger charge is -2.22. The highest BCUT2D eigenvalue weighted by atomic mass is 32.2. The molecule has 1 saturated heterocycles. The van der Waals surface area contributed by atoms with Crippen molar-refractivity contribution in [3.63, 3.8) is 0 Å². The second-order valence-electron chi connectivity index (χ2n) is 5.04. The summed E-state index contributed by atoms with van der Waals surface area (Å²) in [6.07, 6.45) is 2.40. The maximum atomic E-state index is 11.7.